The molecular formula is C15H31NO. The summed E-state index contributed by atoms with van der Waals surface area (Å²) in [5.74, 6) is 0. The topological polar surface area (TPSA) is 21.3 Å². The van der Waals surface area contributed by atoms with Crippen molar-refractivity contribution in [3.05, 3.63) is 0 Å². The van der Waals surface area contributed by atoms with E-state index in [1.807, 2.05) is 0 Å². The maximum absolute atomic E-state index is 6.14. The van der Waals surface area contributed by atoms with Crippen LogP contribution in [0.5, 0.6) is 0 Å². The highest BCUT2D eigenvalue weighted by Crippen LogP contribution is 2.37. The van der Waals surface area contributed by atoms with Gasteiger partial charge in [0.2, 0.25) is 0 Å². The summed E-state index contributed by atoms with van der Waals surface area (Å²) >= 11 is 0. The summed E-state index contributed by atoms with van der Waals surface area (Å²) in [4.78, 5) is 0. The fourth-order valence-electron chi connectivity index (χ4n) is 3.30. The lowest BCUT2D eigenvalue weighted by molar-refractivity contribution is -0.0620. The number of unbranched alkanes of at least 4 members (excludes halogenated alkanes) is 3. The third-order valence-corrected chi connectivity index (χ3v) is 4.21. The van der Waals surface area contributed by atoms with E-state index in [2.05, 4.69) is 26.2 Å². The van der Waals surface area contributed by atoms with E-state index >= 15 is 0 Å². The van der Waals surface area contributed by atoms with E-state index in [1.54, 1.807) is 0 Å². The molecule has 1 N–H and O–H groups in total. The second kappa shape index (κ2) is 8.10. The highest BCUT2D eigenvalue weighted by atomic mass is 16.5. The molecule has 0 heterocycles. The van der Waals surface area contributed by atoms with Crippen molar-refractivity contribution in [2.24, 2.45) is 0 Å². The molecule has 102 valence electrons. The average molecular weight is 241 g/mol. The summed E-state index contributed by atoms with van der Waals surface area (Å²) in [7, 11) is 2.10. The number of hydrogen-bond acceptors (Lipinski definition) is 2. The van der Waals surface area contributed by atoms with Crippen LogP contribution >= 0.6 is 0 Å². The predicted molar refractivity (Wildman–Crippen MR) is 74.4 cm³/mol. The number of hydrogen-bond donors (Lipinski definition) is 1. The molecule has 0 spiro atoms. The van der Waals surface area contributed by atoms with Gasteiger partial charge in [-0.15, -0.1) is 0 Å². The molecule has 0 amide bonds. The van der Waals surface area contributed by atoms with E-state index in [-0.39, 0.29) is 5.60 Å². The van der Waals surface area contributed by atoms with Gasteiger partial charge in [-0.3, -0.25) is 0 Å². The first-order valence-electron chi connectivity index (χ1n) is 7.60. The van der Waals surface area contributed by atoms with Crippen molar-refractivity contribution < 1.29 is 4.74 Å². The van der Waals surface area contributed by atoms with Gasteiger partial charge in [0.25, 0.3) is 0 Å². The van der Waals surface area contributed by atoms with Gasteiger partial charge < -0.3 is 10.1 Å². The van der Waals surface area contributed by atoms with Crippen LogP contribution in [-0.4, -0.2) is 25.3 Å². The molecule has 2 heteroatoms. The third kappa shape index (κ3) is 4.26. The van der Waals surface area contributed by atoms with Gasteiger partial charge in [0, 0.05) is 12.6 Å². The molecule has 1 unspecified atom stereocenters. The zero-order valence-electron chi connectivity index (χ0n) is 12.1. The molecule has 2 nitrogen and oxygen atoms in total. The van der Waals surface area contributed by atoms with E-state index in [0.29, 0.717) is 6.04 Å². The molecule has 1 saturated carbocycles. The number of nitrogens with one attached hydrogen (secondary N) is 1. The van der Waals surface area contributed by atoms with Crippen molar-refractivity contribution in [2.45, 2.75) is 83.3 Å². The predicted octanol–water partition coefficient (Wildman–Crippen LogP) is 3.89. The Kier molecular flexibility index (Phi) is 7.14. The zero-order chi connectivity index (χ0) is 12.6. The largest absolute Gasteiger partial charge is 0.374 e. The highest BCUT2D eigenvalue weighted by Gasteiger charge is 2.40. The zero-order valence-corrected chi connectivity index (χ0v) is 12.1. The van der Waals surface area contributed by atoms with Gasteiger partial charge in [-0.2, -0.15) is 0 Å². The number of rotatable bonds is 9. The van der Waals surface area contributed by atoms with Crippen LogP contribution in [0.1, 0.15) is 71.6 Å². The van der Waals surface area contributed by atoms with Crippen LogP contribution in [0.25, 0.3) is 0 Å². The summed E-state index contributed by atoms with van der Waals surface area (Å²) in [6.45, 7) is 5.26. The van der Waals surface area contributed by atoms with Crippen molar-refractivity contribution in [2.75, 3.05) is 13.7 Å². The summed E-state index contributed by atoms with van der Waals surface area (Å²) in [5.41, 5.74) is 0.149. The summed E-state index contributed by atoms with van der Waals surface area (Å²) in [6.07, 6.45) is 11.9. The maximum Gasteiger partial charge on any atom is 0.0834 e. The Labute approximate surface area is 108 Å². The molecule has 0 aromatic heterocycles. The monoisotopic (exact) mass is 241 g/mol. The Morgan fingerprint density at radius 2 is 1.82 bits per heavy atom. The lowest BCUT2D eigenvalue weighted by Crippen LogP contribution is -2.49. The minimum Gasteiger partial charge on any atom is -0.374 e. The highest BCUT2D eigenvalue weighted by molar-refractivity contribution is 4.96. The normalized spacial score (nSPS) is 20.6. The maximum atomic E-state index is 6.14. The second-order valence-electron chi connectivity index (χ2n) is 5.40. The molecule has 0 aromatic carbocycles. The van der Waals surface area contributed by atoms with Gasteiger partial charge in [0.15, 0.2) is 0 Å². The first kappa shape index (κ1) is 15.0. The molecule has 0 aromatic rings. The van der Waals surface area contributed by atoms with Gasteiger partial charge in [-0.05, 0) is 33.2 Å². The van der Waals surface area contributed by atoms with Crippen molar-refractivity contribution in [3.8, 4) is 0 Å². The molecule has 0 bridgehead atoms. The van der Waals surface area contributed by atoms with E-state index in [4.69, 9.17) is 4.74 Å². The van der Waals surface area contributed by atoms with Crippen molar-refractivity contribution in [1.29, 1.82) is 0 Å². The number of ether oxygens (including phenoxy) is 1. The summed E-state index contributed by atoms with van der Waals surface area (Å²) in [5, 5.41) is 3.52. The molecule has 0 saturated heterocycles. The molecule has 17 heavy (non-hydrogen) atoms. The quantitative estimate of drug-likeness (QED) is 0.618. The third-order valence-electron chi connectivity index (χ3n) is 4.21. The van der Waals surface area contributed by atoms with Crippen LogP contribution in [-0.2, 0) is 4.74 Å². The molecule has 1 aliphatic rings. The van der Waals surface area contributed by atoms with E-state index in [9.17, 15) is 0 Å². The fraction of sp³-hybridized carbons (Fsp3) is 1.00. The van der Waals surface area contributed by atoms with Gasteiger partial charge in [0.05, 0.1) is 5.60 Å². The molecule has 0 radical (unpaired) electrons. The Bertz CT molecular complexity index is 187. The molecule has 0 aliphatic heterocycles. The molecule has 1 aliphatic carbocycles. The minimum atomic E-state index is 0.149. The summed E-state index contributed by atoms with van der Waals surface area (Å²) < 4.78 is 6.14. The van der Waals surface area contributed by atoms with E-state index < -0.39 is 0 Å². The Balaban J connectivity index is 2.44. The van der Waals surface area contributed by atoms with Gasteiger partial charge >= 0.3 is 0 Å². The van der Waals surface area contributed by atoms with Crippen LogP contribution in [0.15, 0.2) is 0 Å². The van der Waals surface area contributed by atoms with Gasteiger partial charge in [-0.25, -0.2) is 0 Å². The summed E-state index contributed by atoms with van der Waals surface area (Å²) in [6, 6.07) is 0.557. The fourth-order valence-corrected chi connectivity index (χ4v) is 3.30. The standard InChI is InChI=1S/C15H31NO/c1-4-6-7-8-11-14(16-3)15(17-5-2)12-9-10-13-15/h14,16H,4-13H2,1-3H3. The Morgan fingerprint density at radius 1 is 1.12 bits per heavy atom. The van der Waals surface area contributed by atoms with Crippen molar-refractivity contribution >= 4 is 0 Å². The van der Waals surface area contributed by atoms with E-state index in [0.717, 1.165) is 6.61 Å². The second-order valence-corrected chi connectivity index (χ2v) is 5.40. The molecular weight excluding hydrogens is 210 g/mol. The first-order chi connectivity index (χ1) is 8.29. The first-order valence-corrected chi connectivity index (χ1v) is 7.60. The lowest BCUT2D eigenvalue weighted by Gasteiger charge is -2.37. The SMILES string of the molecule is CCCCCCC(NC)C1(OCC)CCCC1. The molecule has 1 fully saturated rings. The van der Waals surface area contributed by atoms with Crippen LogP contribution in [0.3, 0.4) is 0 Å². The minimum absolute atomic E-state index is 0.149. The average Bonchev–Trinajstić information content (AvgIpc) is 2.79. The smallest absolute Gasteiger partial charge is 0.0834 e. The molecule has 1 rings (SSSR count). The molecule has 1 atom stereocenters. The Morgan fingerprint density at radius 3 is 2.35 bits per heavy atom. The van der Waals surface area contributed by atoms with Crippen molar-refractivity contribution in [1.82, 2.24) is 5.32 Å². The van der Waals surface area contributed by atoms with Gasteiger partial charge in [-0.1, -0.05) is 45.4 Å². The van der Waals surface area contributed by atoms with E-state index in [1.165, 1.54) is 57.8 Å². The van der Waals surface area contributed by atoms with Crippen LogP contribution in [0.2, 0.25) is 0 Å². The van der Waals surface area contributed by atoms with Crippen LogP contribution in [0, 0.1) is 0 Å². The van der Waals surface area contributed by atoms with Crippen LogP contribution in [0.4, 0.5) is 0 Å². The van der Waals surface area contributed by atoms with Crippen molar-refractivity contribution in [3.63, 3.8) is 0 Å². The van der Waals surface area contributed by atoms with Gasteiger partial charge in [0.1, 0.15) is 0 Å². The Hall–Kier alpha value is -0.0800. The lowest BCUT2D eigenvalue weighted by atomic mass is 9.88. The van der Waals surface area contributed by atoms with Crippen LogP contribution < -0.4 is 5.32 Å². The number of likely N-dealkylation sites (N-methyl/N-ethyl adjacent to an activating group) is 1.